The summed E-state index contributed by atoms with van der Waals surface area (Å²) in [5.41, 5.74) is 0. The molecule has 0 heterocycles. The molecule has 0 unspecified atom stereocenters. The predicted molar refractivity (Wildman–Crippen MR) is 45.1 cm³/mol. The summed E-state index contributed by atoms with van der Waals surface area (Å²) in [6.45, 7) is 0. The fraction of sp³-hybridized carbons (Fsp3) is 0.857. The molecule has 0 saturated heterocycles. The first-order valence-electron chi connectivity index (χ1n) is 3.67. The van der Waals surface area contributed by atoms with Gasteiger partial charge in [-0.1, -0.05) is 6.42 Å². The molecule has 5 heteroatoms. The van der Waals surface area contributed by atoms with Gasteiger partial charge in [-0.3, -0.25) is 4.79 Å². The standard InChI is InChI=1S/C6H10F2.CCl2O/c7-6(8)4-2-1-3-5-6;2-1(3)4/h1-5H2;. The number of alkyl halides is 2. The molecule has 0 aromatic rings. The van der Waals surface area contributed by atoms with Crippen LogP contribution in [0.1, 0.15) is 32.1 Å². The van der Waals surface area contributed by atoms with Gasteiger partial charge in [-0.15, -0.1) is 0 Å². The van der Waals surface area contributed by atoms with Gasteiger partial charge in [0.2, 0.25) is 5.92 Å². The molecule has 1 nitrogen and oxygen atoms in total. The van der Waals surface area contributed by atoms with Crippen LogP contribution < -0.4 is 0 Å². The number of rotatable bonds is 0. The van der Waals surface area contributed by atoms with Crippen molar-refractivity contribution < 1.29 is 13.6 Å². The minimum atomic E-state index is -2.32. The van der Waals surface area contributed by atoms with E-state index in [0.717, 1.165) is 6.42 Å². The van der Waals surface area contributed by atoms with E-state index in [1.807, 2.05) is 0 Å². The van der Waals surface area contributed by atoms with E-state index in [0.29, 0.717) is 12.8 Å². The van der Waals surface area contributed by atoms with Crippen LogP contribution in [0.3, 0.4) is 0 Å². The van der Waals surface area contributed by atoms with Crippen LogP contribution in [0.25, 0.3) is 0 Å². The Balaban J connectivity index is 0.000000261. The zero-order valence-electron chi connectivity index (χ0n) is 6.46. The van der Waals surface area contributed by atoms with Crippen molar-refractivity contribution >= 4 is 27.9 Å². The third kappa shape index (κ3) is 8.21. The largest absolute Gasteiger partial charge is 0.313 e. The summed E-state index contributed by atoms with van der Waals surface area (Å²) in [6.07, 6.45) is 2.66. The molecule has 1 aliphatic carbocycles. The number of carbonyl (C=O) groups excluding carboxylic acids is 1. The Kier molecular flexibility index (Phi) is 5.76. The maximum Gasteiger partial charge on any atom is 0.313 e. The van der Waals surface area contributed by atoms with Crippen molar-refractivity contribution in [2.45, 2.75) is 38.0 Å². The maximum absolute atomic E-state index is 12.2. The van der Waals surface area contributed by atoms with Gasteiger partial charge < -0.3 is 0 Å². The van der Waals surface area contributed by atoms with E-state index >= 15 is 0 Å². The molecular formula is C7H10Cl2F2O. The highest BCUT2D eigenvalue weighted by atomic mass is 35.5. The van der Waals surface area contributed by atoms with E-state index in [-0.39, 0.29) is 12.8 Å². The zero-order chi connectivity index (χ0) is 9.61. The number of hydrogen-bond acceptors (Lipinski definition) is 1. The highest BCUT2D eigenvalue weighted by molar-refractivity contribution is 6.93. The van der Waals surface area contributed by atoms with Gasteiger partial charge in [0.05, 0.1) is 0 Å². The average Bonchev–Trinajstić information content (AvgIpc) is 1.85. The van der Waals surface area contributed by atoms with Crippen LogP contribution >= 0.6 is 23.2 Å². The molecule has 0 aliphatic heterocycles. The van der Waals surface area contributed by atoms with Crippen LogP contribution in [-0.4, -0.2) is 10.6 Å². The first-order chi connectivity index (χ1) is 5.44. The molecule has 72 valence electrons. The summed E-state index contributed by atoms with van der Waals surface area (Å²) in [6, 6.07) is 0. The summed E-state index contributed by atoms with van der Waals surface area (Å²) >= 11 is 8.80. The van der Waals surface area contributed by atoms with Gasteiger partial charge in [0.25, 0.3) is 0 Å². The van der Waals surface area contributed by atoms with E-state index in [4.69, 9.17) is 4.79 Å². The first kappa shape index (κ1) is 12.1. The van der Waals surface area contributed by atoms with E-state index in [1.165, 1.54) is 0 Å². The maximum atomic E-state index is 12.2. The van der Waals surface area contributed by atoms with Crippen LogP contribution in [0.4, 0.5) is 13.6 Å². The molecule has 1 aliphatic rings. The Labute approximate surface area is 80.0 Å². The molecule has 0 bridgehead atoms. The van der Waals surface area contributed by atoms with Gasteiger partial charge in [-0.2, -0.15) is 0 Å². The minimum Gasteiger partial charge on any atom is -0.262 e. The van der Waals surface area contributed by atoms with Crippen LogP contribution in [0.5, 0.6) is 0 Å². The predicted octanol–water partition coefficient (Wildman–Crippen LogP) is 4.17. The van der Waals surface area contributed by atoms with Crippen molar-refractivity contribution in [1.82, 2.24) is 0 Å². The van der Waals surface area contributed by atoms with Crippen LogP contribution in [0.15, 0.2) is 0 Å². The Morgan fingerprint density at radius 1 is 1.08 bits per heavy atom. The summed E-state index contributed by atoms with van der Waals surface area (Å²) in [7, 11) is 0. The lowest BCUT2D eigenvalue weighted by atomic mass is 9.97. The Bertz CT molecular complexity index is 138. The Hall–Kier alpha value is 0.110. The normalized spacial score (nSPS) is 20.7. The van der Waals surface area contributed by atoms with E-state index < -0.39 is 10.6 Å². The third-order valence-electron chi connectivity index (χ3n) is 1.59. The van der Waals surface area contributed by atoms with Crippen LogP contribution in [0, 0.1) is 0 Å². The molecule has 0 atom stereocenters. The second-order valence-electron chi connectivity index (χ2n) is 2.64. The van der Waals surface area contributed by atoms with Crippen molar-refractivity contribution in [3.8, 4) is 0 Å². The lowest BCUT2D eigenvalue weighted by Crippen LogP contribution is -2.18. The van der Waals surface area contributed by atoms with Crippen molar-refractivity contribution in [3.05, 3.63) is 0 Å². The highest BCUT2D eigenvalue weighted by Crippen LogP contribution is 2.32. The molecule has 0 spiro atoms. The van der Waals surface area contributed by atoms with Gasteiger partial charge in [-0.25, -0.2) is 8.78 Å². The van der Waals surface area contributed by atoms with Crippen molar-refractivity contribution in [1.29, 1.82) is 0 Å². The highest BCUT2D eigenvalue weighted by Gasteiger charge is 2.30. The smallest absolute Gasteiger partial charge is 0.262 e. The summed E-state index contributed by atoms with van der Waals surface area (Å²) < 4.78 is 23.5. The molecule has 12 heavy (non-hydrogen) atoms. The van der Waals surface area contributed by atoms with Gasteiger partial charge in [-0.05, 0) is 36.0 Å². The molecule has 0 aromatic carbocycles. The van der Waals surface area contributed by atoms with Crippen LogP contribution in [0.2, 0.25) is 0 Å². The minimum absolute atomic E-state index is 0.118. The van der Waals surface area contributed by atoms with Gasteiger partial charge in [0, 0.05) is 12.8 Å². The van der Waals surface area contributed by atoms with Crippen molar-refractivity contribution in [2.75, 3.05) is 0 Å². The van der Waals surface area contributed by atoms with Crippen molar-refractivity contribution in [2.24, 2.45) is 0 Å². The molecule has 1 fully saturated rings. The fourth-order valence-electron chi connectivity index (χ4n) is 1.07. The van der Waals surface area contributed by atoms with Crippen molar-refractivity contribution in [3.63, 3.8) is 0 Å². The molecule has 1 rings (SSSR count). The SMILES string of the molecule is FC1(F)CCCCC1.O=C(Cl)Cl. The molecule has 0 aromatic heterocycles. The van der Waals surface area contributed by atoms with E-state index in [2.05, 4.69) is 23.2 Å². The lowest BCUT2D eigenvalue weighted by molar-refractivity contribution is -0.0337. The molecule has 0 radical (unpaired) electrons. The summed E-state index contributed by atoms with van der Waals surface area (Å²) in [5, 5.41) is 0. The quantitative estimate of drug-likeness (QED) is 0.558. The third-order valence-corrected chi connectivity index (χ3v) is 1.59. The number of hydrogen-bond donors (Lipinski definition) is 0. The molecular weight excluding hydrogens is 209 g/mol. The van der Waals surface area contributed by atoms with Gasteiger partial charge in [0.15, 0.2) is 0 Å². The topological polar surface area (TPSA) is 17.1 Å². The first-order valence-corrected chi connectivity index (χ1v) is 4.42. The summed E-state index contributed by atoms with van der Waals surface area (Å²) in [5.74, 6) is -2.32. The lowest BCUT2D eigenvalue weighted by Gasteiger charge is -2.20. The Morgan fingerprint density at radius 3 is 1.58 bits per heavy atom. The van der Waals surface area contributed by atoms with E-state index in [1.54, 1.807) is 0 Å². The van der Waals surface area contributed by atoms with Gasteiger partial charge in [0.1, 0.15) is 0 Å². The van der Waals surface area contributed by atoms with Gasteiger partial charge >= 0.3 is 4.70 Å². The average molecular weight is 219 g/mol. The number of halogens is 4. The summed E-state index contributed by atoms with van der Waals surface area (Å²) in [4.78, 5) is 8.98. The second-order valence-corrected chi connectivity index (χ2v) is 3.52. The van der Waals surface area contributed by atoms with Crippen LogP contribution in [-0.2, 0) is 0 Å². The molecule has 0 amide bonds. The second kappa shape index (κ2) is 5.70. The fourth-order valence-corrected chi connectivity index (χ4v) is 1.07. The monoisotopic (exact) mass is 218 g/mol. The molecule has 0 N–H and O–H groups in total. The molecule has 1 saturated carbocycles. The zero-order valence-corrected chi connectivity index (χ0v) is 7.97. The van der Waals surface area contributed by atoms with E-state index in [9.17, 15) is 8.78 Å². The number of carbonyl (C=O) groups is 1. The Morgan fingerprint density at radius 2 is 1.42 bits per heavy atom.